The summed E-state index contributed by atoms with van der Waals surface area (Å²) >= 11 is 0. The molecule has 10 nitrogen and oxygen atoms in total. The molecule has 0 saturated heterocycles. The van der Waals surface area contributed by atoms with Gasteiger partial charge in [-0.1, -0.05) is 13.8 Å². The molecule has 2 fully saturated rings. The van der Waals surface area contributed by atoms with Gasteiger partial charge in [0.05, 0.1) is 12.2 Å². The molecule has 2 aromatic rings. The summed E-state index contributed by atoms with van der Waals surface area (Å²) in [4.78, 5) is 41.1. The van der Waals surface area contributed by atoms with Crippen molar-refractivity contribution in [3.05, 3.63) is 46.6 Å². The maximum atomic E-state index is 13.3. The standard InChI is InChI=1S/C29H35NO9/c1-15(31)36-14-28(4)20-12-21(33)29(5)25(27(20,3)9-8-22(28)37-16(2)32)24(34)23-19(39-29)11-18(38-26(23)35)17-7-6-10-30-13-17/h6-7,10-11,13,20-22,24-25,33-34H,8-9,12,14H2,1-5H3/t20?,21-,22-,24?,25?,27-,28?,29+/m0/s1. The van der Waals surface area contributed by atoms with Crippen LogP contribution in [0.15, 0.2) is 39.8 Å². The highest BCUT2D eigenvalue weighted by Gasteiger charge is 2.69. The van der Waals surface area contributed by atoms with Crippen LogP contribution in [0.5, 0.6) is 5.75 Å². The topological polar surface area (TPSA) is 145 Å². The molecule has 0 amide bonds. The molecule has 2 saturated carbocycles. The molecule has 3 aliphatic rings. The molecule has 2 N–H and O–H groups in total. The van der Waals surface area contributed by atoms with Crippen LogP contribution < -0.4 is 10.4 Å². The highest BCUT2D eigenvalue weighted by Crippen LogP contribution is 2.67. The lowest BCUT2D eigenvalue weighted by molar-refractivity contribution is -0.267. The Bertz CT molecular complexity index is 1340. The number of carbonyl (C=O) groups excluding carboxylic acids is 2. The second-order valence-corrected chi connectivity index (χ2v) is 11.9. The molecule has 10 heteroatoms. The smallest absolute Gasteiger partial charge is 0.345 e. The number of esters is 2. The van der Waals surface area contributed by atoms with Crippen LogP contribution in [-0.2, 0) is 19.1 Å². The third kappa shape index (κ3) is 4.24. The van der Waals surface area contributed by atoms with Gasteiger partial charge in [0.15, 0.2) is 0 Å². The average Bonchev–Trinajstić information content (AvgIpc) is 2.86. The van der Waals surface area contributed by atoms with Crippen molar-refractivity contribution in [1.29, 1.82) is 0 Å². The first kappa shape index (κ1) is 27.3. The zero-order valence-electron chi connectivity index (χ0n) is 22.8. The van der Waals surface area contributed by atoms with E-state index in [0.29, 0.717) is 18.4 Å². The largest absolute Gasteiger partial charge is 0.484 e. The summed E-state index contributed by atoms with van der Waals surface area (Å²) in [6.45, 7) is 8.28. The number of pyridine rings is 1. The molecule has 0 spiro atoms. The Kier molecular flexibility index (Phi) is 6.62. The summed E-state index contributed by atoms with van der Waals surface area (Å²) in [7, 11) is 0. The molecule has 0 aromatic carbocycles. The van der Waals surface area contributed by atoms with E-state index >= 15 is 0 Å². The predicted molar refractivity (Wildman–Crippen MR) is 137 cm³/mol. The number of carbonyl (C=O) groups is 2. The van der Waals surface area contributed by atoms with Gasteiger partial charge in [0.1, 0.15) is 35.4 Å². The molecule has 2 aromatic heterocycles. The first-order chi connectivity index (χ1) is 18.3. The molecule has 4 unspecified atom stereocenters. The van der Waals surface area contributed by atoms with E-state index in [-0.39, 0.29) is 36.0 Å². The zero-order chi connectivity index (χ0) is 28.3. The minimum atomic E-state index is -1.30. The predicted octanol–water partition coefficient (Wildman–Crippen LogP) is 3.18. The van der Waals surface area contributed by atoms with E-state index in [1.54, 1.807) is 37.5 Å². The summed E-state index contributed by atoms with van der Waals surface area (Å²) in [5, 5.41) is 23.5. The number of aliphatic hydroxyl groups is 2. The second-order valence-electron chi connectivity index (χ2n) is 11.9. The number of rotatable bonds is 4. The lowest BCUT2D eigenvalue weighted by Crippen LogP contribution is -2.71. The van der Waals surface area contributed by atoms with E-state index in [1.807, 2.05) is 13.8 Å². The van der Waals surface area contributed by atoms with Crippen LogP contribution in [-0.4, -0.2) is 51.6 Å². The van der Waals surface area contributed by atoms with Gasteiger partial charge in [0.2, 0.25) is 0 Å². The average molecular weight is 542 g/mol. The van der Waals surface area contributed by atoms with Crippen molar-refractivity contribution in [2.75, 3.05) is 6.61 Å². The van der Waals surface area contributed by atoms with Crippen molar-refractivity contribution >= 4 is 11.9 Å². The summed E-state index contributed by atoms with van der Waals surface area (Å²) < 4.78 is 23.2. The highest BCUT2D eigenvalue weighted by atomic mass is 16.6. The number of fused-ring (bicyclic) bond motifs is 4. The number of hydrogen-bond donors (Lipinski definition) is 2. The molecule has 0 bridgehead atoms. The van der Waals surface area contributed by atoms with Crippen molar-refractivity contribution in [1.82, 2.24) is 4.98 Å². The SMILES string of the molecule is CC(=O)OCC1(C)C2C[C@H](O)[C@@]3(C)Oc4cc(-c5cccnc5)oc(=O)c4C(O)C3[C@@]2(C)CC[C@@H]1OC(C)=O. The van der Waals surface area contributed by atoms with Crippen LogP contribution >= 0.6 is 0 Å². The van der Waals surface area contributed by atoms with E-state index in [0.717, 1.165) is 0 Å². The van der Waals surface area contributed by atoms with Crippen LogP contribution in [0.4, 0.5) is 0 Å². The molecule has 5 rings (SSSR count). The van der Waals surface area contributed by atoms with Crippen molar-refractivity contribution in [3.8, 4) is 17.1 Å². The Balaban J connectivity index is 1.61. The first-order valence-corrected chi connectivity index (χ1v) is 13.3. The van der Waals surface area contributed by atoms with E-state index in [1.165, 1.54) is 13.8 Å². The van der Waals surface area contributed by atoms with Gasteiger partial charge in [-0.25, -0.2) is 4.79 Å². The van der Waals surface area contributed by atoms with E-state index in [4.69, 9.17) is 18.6 Å². The molecule has 0 radical (unpaired) electrons. The Morgan fingerprint density at radius 3 is 2.56 bits per heavy atom. The third-order valence-corrected chi connectivity index (χ3v) is 9.45. The van der Waals surface area contributed by atoms with Gasteiger partial charge in [0, 0.05) is 49.2 Å². The molecule has 210 valence electrons. The van der Waals surface area contributed by atoms with E-state index in [9.17, 15) is 24.6 Å². The minimum Gasteiger partial charge on any atom is -0.484 e. The third-order valence-electron chi connectivity index (χ3n) is 9.45. The summed E-state index contributed by atoms with van der Waals surface area (Å²) in [6.07, 6.45) is 1.46. The number of hydrogen-bond acceptors (Lipinski definition) is 10. The van der Waals surface area contributed by atoms with E-state index in [2.05, 4.69) is 4.98 Å². The van der Waals surface area contributed by atoms with Gasteiger partial charge in [-0.15, -0.1) is 0 Å². The molecule has 1 aliphatic heterocycles. The fraction of sp³-hybridized carbons (Fsp3) is 0.586. The summed E-state index contributed by atoms with van der Waals surface area (Å²) in [5.74, 6) is -1.58. The lowest BCUT2D eigenvalue weighted by Gasteiger charge is -2.66. The maximum absolute atomic E-state index is 13.3. The van der Waals surface area contributed by atoms with Crippen LogP contribution in [0.25, 0.3) is 11.3 Å². The van der Waals surface area contributed by atoms with Crippen LogP contribution in [0, 0.1) is 22.7 Å². The summed E-state index contributed by atoms with van der Waals surface area (Å²) in [6, 6.07) is 5.02. The van der Waals surface area contributed by atoms with E-state index < -0.39 is 58.2 Å². The maximum Gasteiger partial charge on any atom is 0.345 e. The number of aromatic nitrogens is 1. The van der Waals surface area contributed by atoms with Gasteiger partial charge < -0.3 is 28.8 Å². The number of ether oxygens (including phenoxy) is 3. The zero-order valence-corrected chi connectivity index (χ0v) is 22.8. The fourth-order valence-electron chi connectivity index (χ4n) is 7.69. The van der Waals surface area contributed by atoms with Gasteiger partial charge in [-0.2, -0.15) is 0 Å². The Morgan fingerprint density at radius 2 is 1.92 bits per heavy atom. The normalized spacial score (nSPS) is 36.9. The van der Waals surface area contributed by atoms with Crippen molar-refractivity contribution in [2.45, 2.75) is 77.8 Å². The van der Waals surface area contributed by atoms with Gasteiger partial charge in [0.25, 0.3) is 0 Å². The molecule has 39 heavy (non-hydrogen) atoms. The Labute approximate surface area is 226 Å². The highest BCUT2D eigenvalue weighted by molar-refractivity contribution is 5.67. The quantitative estimate of drug-likeness (QED) is 0.554. The van der Waals surface area contributed by atoms with Crippen molar-refractivity contribution < 1.29 is 38.4 Å². The molecule has 3 heterocycles. The lowest BCUT2D eigenvalue weighted by atomic mass is 9.42. The van der Waals surface area contributed by atoms with Crippen molar-refractivity contribution in [2.24, 2.45) is 22.7 Å². The fourth-order valence-corrected chi connectivity index (χ4v) is 7.69. The second kappa shape index (κ2) is 9.45. The molecular formula is C29H35NO9. The Hall–Kier alpha value is -3.24. The monoisotopic (exact) mass is 541 g/mol. The minimum absolute atomic E-state index is 0.00277. The van der Waals surface area contributed by atoms with Crippen LogP contribution in [0.1, 0.15) is 65.5 Å². The molecule has 2 aliphatic carbocycles. The summed E-state index contributed by atoms with van der Waals surface area (Å²) in [5.41, 5.74) is -2.94. The van der Waals surface area contributed by atoms with Crippen molar-refractivity contribution in [3.63, 3.8) is 0 Å². The van der Waals surface area contributed by atoms with Crippen LogP contribution in [0.3, 0.4) is 0 Å². The number of nitrogens with zero attached hydrogens (tertiary/aromatic N) is 1. The van der Waals surface area contributed by atoms with Crippen LogP contribution in [0.2, 0.25) is 0 Å². The van der Waals surface area contributed by atoms with Gasteiger partial charge in [-0.3, -0.25) is 14.6 Å². The van der Waals surface area contributed by atoms with Gasteiger partial charge in [-0.05, 0) is 49.7 Å². The molecular weight excluding hydrogens is 506 g/mol. The number of aliphatic hydroxyl groups excluding tert-OH is 2. The van der Waals surface area contributed by atoms with Gasteiger partial charge >= 0.3 is 17.6 Å². The first-order valence-electron chi connectivity index (χ1n) is 13.3. The molecule has 8 atom stereocenters. The Morgan fingerprint density at radius 1 is 1.18 bits per heavy atom.